The van der Waals surface area contributed by atoms with E-state index in [2.05, 4.69) is 15.6 Å². The molecule has 1 aromatic heterocycles. The van der Waals surface area contributed by atoms with Gasteiger partial charge in [-0.1, -0.05) is 12.8 Å². The van der Waals surface area contributed by atoms with E-state index in [1.807, 2.05) is 13.8 Å². The number of carbonyl (C=O) groups excluding carboxylic acids is 1. The van der Waals surface area contributed by atoms with Crippen LogP contribution in [0.3, 0.4) is 0 Å². The van der Waals surface area contributed by atoms with Gasteiger partial charge in [-0.2, -0.15) is 0 Å². The summed E-state index contributed by atoms with van der Waals surface area (Å²) in [5, 5.41) is 7.04. The van der Waals surface area contributed by atoms with Gasteiger partial charge >= 0.3 is 6.03 Å². The Kier molecular flexibility index (Phi) is 4.58. The summed E-state index contributed by atoms with van der Waals surface area (Å²) in [6, 6.07) is 0.359. The highest BCUT2D eigenvalue weighted by Crippen LogP contribution is 2.18. The second-order valence-corrected chi connectivity index (χ2v) is 6.16. The molecule has 0 spiro atoms. The average Bonchev–Trinajstić information content (AvgIpc) is 2.89. The second-order valence-electron chi connectivity index (χ2n) is 4.87. The lowest BCUT2D eigenvalue weighted by Crippen LogP contribution is -2.41. The zero-order valence-corrected chi connectivity index (χ0v) is 11.9. The van der Waals surface area contributed by atoms with Gasteiger partial charge in [0.2, 0.25) is 0 Å². The molecule has 1 heterocycles. The van der Waals surface area contributed by atoms with Gasteiger partial charge in [-0.05, 0) is 26.7 Å². The molecule has 2 amide bonds. The zero-order chi connectivity index (χ0) is 13.0. The van der Waals surface area contributed by atoms with Crippen molar-refractivity contribution in [1.29, 1.82) is 0 Å². The van der Waals surface area contributed by atoms with E-state index in [4.69, 9.17) is 0 Å². The number of urea groups is 1. The molecule has 100 valence electrons. The molecule has 2 rings (SSSR count). The minimum absolute atomic E-state index is 0.0270. The van der Waals surface area contributed by atoms with Gasteiger partial charge in [0.1, 0.15) is 0 Å². The maximum atomic E-state index is 11.6. The Balaban J connectivity index is 1.68. The van der Waals surface area contributed by atoms with Crippen LogP contribution in [0.2, 0.25) is 0 Å². The summed E-state index contributed by atoms with van der Waals surface area (Å²) < 4.78 is 0. The lowest BCUT2D eigenvalue weighted by molar-refractivity contribution is 0.237. The molecule has 0 aromatic carbocycles. The van der Waals surface area contributed by atoms with Crippen molar-refractivity contribution in [1.82, 2.24) is 15.6 Å². The minimum Gasteiger partial charge on any atom is -0.338 e. The summed E-state index contributed by atoms with van der Waals surface area (Å²) in [5.74, 6) is 0. The van der Waals surface area contributed by atoms with Crippen LogP contribution in [0.5, 0.6) is 0 Å². The maximum absolute atomic E-state index is 11.6. The van der Waals surface area contributed by atoms with E-state index >= 15 is 0 Å². The fourth-order valence-electron chi connectivity index (χ4n) is 2.40. The number of rotatable bonds is 4. The molecule has 0 aliphatic heterocycles. The summed E-state index contributed by atoms with van der Waals surface area (Å²) in [6.07, 6.45) is 5.60. The molecule has 0 radical (unpaired) electrons. The third-order valence-electron chi connectivity index (χ3n) is 3.33. The third kappa shape index (κ3) is 3.70. The van der Waals surface area contributed by atoms with Gasteiger partial charge in [-0.25, -0.2) is 9.78 Å². The SMILES string of the molecule is Cc1nc(C)c(CCNC(=O)NC2CCCC2)s1. The van der Waals surface area contributed by atoms with E-state index in [9.17, 15) is 4.79 Å². The van der Waals surface area contributed by atoms with Crippen LogP contribution < -0.4 is 10.6 Å². The van der Waals surface area contributed by atoms with Gasteiger partial charge in [0.15, 0.2) is 0 Å². The predicted molar refractivity (Wildman–Crippen MR) is 74.1 cm³/mol. The lowest BCUT2D eigenvalue weighted by atomic mass is 10.2. The molecular formula is C13H21N3OS. The van der Waals surface area contributed by atoms with Crippen LogP contribution in [0, 0.1) is 13.8 Å². The van der Waals surface area contributed by atoms with Crippen molar-refractivity contribution < 1.29 is 4.79 Å². The van der Waals surface area contributed by atoms with Crippen molar-refractivity contribution >= 4 is 17.4 Å². The summed E-state index contributed by atoms with van der Waals surface area (Å²) in [6.45, 7) is 4.72. The number of aryl methyl sites for hydroxylation is 2. The largest absolute Gasteiger partial charge is 0.338 e. The Morgan fingerprint density at radius 2 is 2.11 bits per heavy atom. The first-order valence-corrected chi connectivity index (χ1v) is 7.44. The number of amides is 2. The summed E-state index contributed by atoms with van der Waals surface area (Å²) >= 11 is 1.72. The highest BCUT2D eigenvalue weighted by atomic mass is 32.1. The van der Waals surface area contributed by atoms with Crippen LogP contribution >= 0.6 is 11.3 Å². The molecule has 1 fully saturated rings. The number of nitrogens with zero attached hydrogens (tertiary/aromatic N) is 1. The molecule has 18 heavy (non-hydrogen) atoms. The molecule has 1 aromatic rings. The predicted octanol–water partition coefficient (Wildman–Crippen LogP) is 2.54. The maximum Gasteiger partial charge on any atom is 0.315 e. The quantitative estimate of drug-likeness (QED) is 0.881. The normalized spacial score (nSPS) is 15.9. The average molecular weight is 267 g/mol. The van der Waals surface area contributed by atoms with E-state index in [0.29, 0.717) is 12.6 Å². The summed E-state index contributed by atoms with van der Waals surface area (Å²) in [7, 11) is 0. The number of hydrogen-bond acceptors (Lipinski definition) is 3. The van der Waals surface area contributed by atoms with Gasteiger partial charge < -0.3 is 10.6 Å². The molecule has 1 aliphatic rings. The first-order chi connectivity index (χ1) is 8.65. The van der Waals surface area contributed by atoms with Crippen LogP contribution in [0.15, 0.2) is 0 Å². The number of carbonyl (C=O) groups is 1. The van der Waals surface area contributed by atoms with E-state index in [-0.39, 0.29) is 6.03 Å². The Bertz CT molecular complexity index is 410. The molecule has 1 saturated carbocycles. The Morgan fingerprint density at radius 3 is 2.72 bits per heavy atom. The number of hydrogen-bond donors (Lipinski definition) is 2. The molecule has 0 atom stereocenters. The van der Waals surface area contributed by atoms with Crippen LogP contribution in [0.1, 0.15) is 41.3 Å². The molecule has 0 bridgehead atoms. The van der Waals surface area contributed by atoms with Crippen molar-refractivity contribution in [2.75, 3.05) is 6.54 Å². The van der Waals surface area contributed by atoms with Crippen LogP contribution in [0.4, 0.5) is 4.79 Å². The van der Waals surface area contributed by atoms with Crippen molar-refractivity contribution in [3.63, 3.8) is 0 Å². The molecule has 0 unspecified atom stereocenters. The van der Waals surface area contributed by atoms with Crippen LogP contribution in [0.25, 0.3) is 0 Å². The monoisotopic (exact) mass is 267 g/mol. The number of aromatic nitrogens is 1. The second kappa shape index (κ2) is 6.18. The van der Waals surface area contributed by atoms with Crippen LogP contribution in [-0.2, 0) is 6.42 Å². The highest BCUT2D eigenvalue weighted by Gasteiger charge is 2.16. The fourth-order valence-corrected chi connectivity index (χ4v) is 3.34. The Hall–Kier alpha value is -1.10. The highest BCUT2D eigenvalue weighted by molar-refractivity contribution is 7.11. The van der Waals surface area contributed by atoms with Gasteiger partial charge in [0, 0.05) is 23.9 Å². The van der Waals surface area contributed by atoms with Gasteiger partial charge in [0.05, 0.1) is 10.7 Å². The van der Waals surface area contributed by atoms with Gasteiger partial charge in [-0.3, -0.25) is 0 Å². The Labute approximate surface area is 112 Å². The van der Waals surface area contributed by atoms with Gasteiger partial charge in [-0.15, -0.1) is 11.3 Å². The first-order valence-electron chi connectivity index (χ1n) is 6.62. The Morgan fingerprint density at radius 1 is 1.39 bits per heavy atom. The zero-order valence-electron chi connectivity index (χ0n) is 11.1. The minimum atomic E-state index is -0.0270. The van der Waals surface area contributed by atoms with E-state index in [0.717, 1.165) is 30.0 Å². The van der Waals surface area contributed by atoms with Crippen molar-refractivity contribution in [3.05, 3.63) is 15.6 Å². The molecule has 4 nitrogen and oxygen atoms in total. The standard InChI is InChI=1S/C13H21N3OS/c1-9-12(18-10(2)15-9)7-8-14-13(17)16-11-5-3-4-6-11/h11H,3-8H2,1-2H3,(H2,14,16,17). The molecule has 1 aliphatic carbocycles. The van der Waals surface area contributed by atoms with Crippen molar-refractivity contribution in [3.8, 4) is 0 Å². The lowest BCUT2D eigenvalue weighted by Gasteiger charge is -2.12. The van der Waals surface area contributed by atoms with Gasteiger partial charge in [0.25, 0.3) is 0 Å². The summed E-state index contributed by atoms with van der Waals surface area (Å²) in [5.41, 5.74) is 1.09. The molecule has 5 heteroatoms. The van der Waals surface area contributed by atoms with E-state index < -0.39 is 0 Å². The van der Waals surface area contributed by atoms with Crippen molar-refractivity contribution in [2.45, 2.75) is 52.0 Å². The topological polar surface area (TPSA) is 54.0 Å². The smallest absolute Gasteiger partial charge is 0.315 e. The fraction of sp³-hybridized carbons (Fsp3) is 0.692. The van der Waals surface area contributed by atoms with E-state index in [1.54, 1.807) is 11.3 Å². The number of thiazole rings is 1. The molecule has 2 N–H and O–H groups in total. The molecule has 0 saturated heterocycles. The molecular weight excluding hydrogens is 246 g/mol. The van der Waals surface area contributed by atoms with E-state index in [1.165, 1.54) is 17.7 Å². The first kappa shape index (κ1) is 13.3. The number of nitrogens with one attached hydrogen (secondary N) is 2. The summed E-state index contributed by atoms with van der Waals surface area (Å²) in [4.78, 5) is 17.3. The van der Waals surface area contributed by atoms with Crippen molar-refractivity contribution in [2.24, 2.45) is 0 Å². The third-order valence-corrected chi connectivity index (χ3v) is 4.46. The van der Waals surface area contributed by atoms with Crippen LogP contribution in [-0.4, -0.2) is 23.6 Å².